The molecular formula is C27H40O13. The number of ether oxygens (including phenoxy) is 6. The SMILES string of the molecule is CCCC(=O)O[C@@H]1O[C@H](CCOC(=O)/C=C/C(=O)O)[C@@H](OC(=O)CCC)[C@H](OC(=O)CCC)[C@H]1OC(=O)CCC. The number of carbonyl (C=O) groups excluding carboxylic acids is 5. The minimum absolute atomic E-state index is 0.0150. The molecule has 0 saturated carbocycles. The van der Waals surface area contributed by atoms with Crippen LogP contribution in [0.25, 0.3) is 0 Å². The second-order valence-electron chi connectivity index (χ2n) is 9.02. The van der Waals surface area contributed by atoms with Crippen LogP contribution in [0.5, 0.6) is 0 Å². The third-order valence-electron chi connectivity index (χ3n) is 5.47. The van der Waals surface area contributed by atoms with Gasteiger partial charge < -0.3 is 33.5 Å². The number of carboxylic acid groups (broad SMARTS) is 1. The van der Waals surface area contributed by atoms with Gasteiger partial charge in [0.1, 0.15) is 6.10 Å². The average molecular weight is 573 g/mol. The summed E-state index contributed by atoms with van der Waals surface area (Å²) >= 11 is 0. The van der Waals surface area contributed by atoms with Gasteiger partial charge in [-0.05, 0) is 25.7 Å². The number of hydrogen-bond donors (Lipinski definition) is 1. The minimum atomic E-state index is -1.52. The van der Waals surface area contributed by atoms with Crippen LogP contribution >= 0.6 is 0 Å². The summed E-state index contributed by atoms with van der Waals surface area (Å²) in [6.07, 6.45) is -3.70. The van der Waals surface area contributed by atoms with E-state index in [1.54, 1.807) is 27.7 Å². The van der Waals surface area contributed by atoms with Gasteiger partial charge in [0.2, 0.25) is 12.4 Å². The minimum Gasteiger partial charge on any atom is -0.478 e. The van der Waals surface area contributed by atoms with Gasteiger partial charge in [-0.15, -0.1) is 0 Å². The summed E-state index contributed by atoms with van der Waals surface area (Å²) in [5, 5.41) is 8.67. The molecule has 0 aliphatic carbocycles. The average Bonchev–Trinajstić information content (AvgIpc) is 2.87. The molecule has 0 aromatic rings. The van der Waals surface area contributed by atoms with Gasteiger partial charge in [-0.25, -0.2) is 9.59 Å². The highest BCUT2D eigenvalue weighted by Crippen LogP contribution is 2.32. The van der Waals surface area contributed by atoms with Crippen molar-refractivity contribution < 1.29 is 62.3 Å². The first-order valence-electron chi connectivity index (χ1n) is 13.6. The van der Waals surface area contributed by atoms with Gasteiger partial charge in [-0.3, -0.25) is 19.2 Å². The summed E-state index contributed by atoms with van der Waals surface area (Å²) < 4.78 is 33.3. The molecule has 1 aliphatic heterocycles. The molecule has 13 nitrogen and oxygen atoms in total. The molecular weight excluding hydrogens is 532 g/mol. The summed E-state index contributed by atoms with van der Waals surface area (Å²) in [6, 6.07) is 0. The van der Waals surface area contributed by atoms with E-state index >= 15 is 0 Å². The van der Waals surface area contributed by atoms with E-state index in [2.05, 4.69) is 0 Å². The molecule has 1 fully saturated rings. The van der Waals surface area contributed by atoms with E-state index < -0.39 is 66.5 Å². The molecule has 0 unspecified atom stereocenters. The molecule has 0 radical (unpaired) electrons. The van der Waals surface area contributed by atoms with Crippen LogP contribution in [-0.4, -0.2) is 78.2 Å². The van der Waals surface area contributed by atoms with E-state index in [9.17, 15) is 28.8 Å². The fourth-order valence-corrected chi connectivity index (χ4v) is 3.71. The number of aliphatic carboxylic acids is 1. The molecule has 40 heavy (non-hydrogen) atoms. The Labute approximate surface area is 233 Å². The molecule has 13 heteroatoms. The number of esters is 5. The van der Waals surface area contributed by atoms with Crippen molar-refractivity contribution in [2.45, 2.75) is 116 Å². The van der Waals surface area contributed by atoms with Crippen molar-refractivity contribution in [2.75, 3.05) is 6.61 Å². The lowest BCUT2D eigenvalue weighted by Gasteiger charge is -2.44. The zero-order valence-electron chi connectivity index (χ0n) is 23.5. The molecule has 0 bridgehead atoms. The molecule has 1 aliphatic rings. The van der Waals surface area contributed by atoms with E-state index in [1.807, 2.05) is 0 Å². The van der Waals surface area contributed by atoms with Crippen LogP contribution < -0.4 is 0 Å². The van der Waals surface area contributed by atoms with Crippen LogP contribution in [0.4, 0.5) is 0 Å². The Morgan fingerprint density at radius 1 is 0.650 bits per heavy atom. The summed E-state index contributed by atoms with van der Waals surface area (Å²) in [6.45, 7) is 6.72. The van der Waals surface area contributed by atoms with Crippen molar-refractivity contribution in [3.8, 4) is 0 Å². The highest BCUT2D eigenvalue weighted by Gasteiger charge is 2.53. The van der Waals surface area contributed by atoms with Gasteiger partial charge >= 0.3 is 35.8 Å². The van der Waals surface area contributed by atoms with Gasteiger partial charge in [0.15, 0.2) is 12.2 Å². The lowest BCUT2D eigenvalue weighted by atomic mass is 9.95. The Kier molecular flexibility index (Phi) is 16.2. The van der Waals surface area contributed by atoms with E-state index in [0.29, 0.717) is 31.8 Å². The van der Waals surface area contributed by atoms with E-state index in [1.165, 1.54) is 0 Å². The normalized spacial score (nSPS) is 22.2. The quantitative estimate of drug-likeness (QED) is 0.153. The second kappa shape index (κ2) is 18.7. The monoisotopic (exact) mass is 572 g/mol. The maximum atomic E-state index is 12.6. The summed E-state index contributed by atoms with van der Waals surface area (Å²) in [5.74, 6) is -4.91. The molecule has 1 saturated heterocycles. The van der Waals surface area contributed by atoms with Crippen LogP contribution in [0.2, 0.25) is 0 Å². The van der Waals surface area contributed by atoms with Crippen LogP contribution in [0.3, 0.4) is 0 Å². The van der Waals surface area contributed by atoms with Crippen molar-refractivity contribution in [3.05, 3.63) is 12.2 Å². The Balaban J connectivity index is 3.41. The summed E-state index contributed by atoms with van der Waals surface area (Å²) in [5.41, 5.74) is 0. The Morgan fingerprint density at radius 2 is 1.10 bits per heavy atom. The predicted octanol–water partition coefficient (Wildman–Crippen LogP) is 2.76. The molecule has 0 aromatic carbocycles. The van der Waals surface area contributed by atoms with Gasteiger partial charge in [0.25, 0.3) is 0 Å². The van der Waals surface area contributed by atoms with Crippen LogP contribution in [0.1, 0.15) is 85.5 Å². The Bertz CT molecular complexity index is 897. The van der Waals surface area contributed by atoms with Crippen LogP contribution in [-0.2, 0) is 57.2 Å². The summed E-state index contributed by atoms with van der Waals surface area (Å²) in [4.78, 5) is 72.6. The van der Waals surface area contributed by atoms with Crippen LogP contribution in [0.15, 0.2) is 12.2 Å². The fraction of sp³-hybridized carbons (Fsp3) is 0.704. The third-order valence-corrected chi connectivity index (χ3v) is 5.47. The third kappa shape index (κ3) is 12.6. The van der Waals surface area contributed by atoms with Crippen molar-refractivity contribution >= 4 is 35.8 Å². The first-order valence-corrected chi connectivity index (χ1v) is 13.6. The molecule has 5 atom stereocenters. The summed E-state index contributed by atoms with van der Waals surface area (Å²) in [7, 11) is 0. The second-order valence-corrected chi connectivity index (χ2v) is 9.02. The Morgan fingerprint density at radius 3 is 1.57 bits per heavy atom. The zero-order valence-corrected chi connectivity index (χ0v) is 23.5. The fourth-order valence-electron chi connectivity index (χ4n) is 3.71. The standard InChI is InChI=1S/C27H40O13/c1-5-9-20(31)37-24-17(15-16-35-19(30)14-13-18(28)29)36-27(40-23(34)12-8-4)26(39-22(33)11-7-3)25(24)38-21(32)10-6-2/h13-14,17,24-27H,5-12,15-16H2,1-4H3,(H,28,29)/b14-13+/t17-,24-,25+,26-,27+/m1/s1. The van der Waals surface area contributed by atoms with Gasteiger partial charge in [0.05, 0.1) is 6.61 Å². The molecule has 1 heterocycles. The first kappa shape index (κ1) is 34.5. The lowest BCUT2D eigenvalue weighted by Crippen LogP contribution is -2.62. The van der Waals surface area contributed by atoms with Gasteiger partial charge in [-0.2, -0.15) is 0 Å². The maximum absolute atomic E-state index is 12.6. The van der Waals surface area contributed by atoms with Crippen molar-refractivity contribution in [1.82, 2.24) is 0 Å². The number of rotatable bonds is 17. The van der Waals surface area contributed by atoms with Crippen molar-refractivity contribution in [3.63, 3.8) is 0 Å². The van der Waals surface area contributed by atoms with Crippen LogP contribution in [0, 0.1) is 0 Å². The number of carboxylic acids is 1. The Hall–Kier alpha value is -3.48. The zero-order chi connectivity index (χ0) is 30.1. The van der Waals surface area contributed by atoms with E-state index in [4.69, 9.17) is 33.5 Å². The molecule has 1 rings (SSSR count). The molecule has 0 amide bonds. The van der Waals surface area contributed by atoms with Crippen molar-refractivity contribution in [1.29, 1.82) is 0 Å². The largest absolute Gasteiger partial charge is 0.478 e. The number of carbonyl (C=O) groups is 6. The maximum Gasteiger partial charge on any atom is 0.331 e. The molecule has 226 valence electrons. The van der Waals surface area contributed by atoms with E-state index in [-0.39, 0.29) is 38.7 Å². The molecule has 0 aromatic heterocycles. The van der Waals surface area contributed by atoms with E-state index in [0.717, 1.165) is 6.08 Å². The number of hydrogen-bond acceptors (Lipinski definition) is 12. The smallest absolute Gasteiger partial charge is 0.331 e. The highest BCUT2D eigenvalue weighted by molar-refractivity contribution is 5.90. The lowest BCUT2D eigenvalue weighted by molar-refractivity contribution is -0.298. The molecule has 1 N–H and O–H groups in total. The predicted molar refractivity (Wildman–Crippen MR) is 136 cm³/mol. The van der Waals surface area contributed by atoms with Crippen molar-refractivity contribution in [2.24, 2.45) is 0 Å². The topological polar surface area (TPSA) is 178 Å². The molecule has 0 spiro atoms. The van der Waals surface area contributed by atoms with Gasteiger partial charge in [0, 0.05) is 44.3 Å². The highest BCUT2D eigenvalue weighted by atomic mass is 16.7. The first-order chi connectivity index (χ1) is 19.1. The van der Waals surface area contributed by atoms with Gasteiger partial charge in [-0.1, -0.05) is 27.7 Å².